The summed E-state index contributed by atoms with van der Waals surface area (Å²) < 4.78 is 5.64. The van der Waals surface area contributed by atoms with Gasteiger partial charge in [-0.05, 0) is 30.5 Å². The largest absolute Gasteiger partial charge is 0.373 e. The highest BCUT2D eigenvalue weighted by atomic mass is 35.5. The van der Waals surface area contributed by atoms with Gasteiger partial charge in [0.1, 0.15) is 0 Å². The zero-order chi connectivity index (χ0) is 11.5. The lowest BCUT2D eigenvalue weighted by Crippen LogP contribution is -2.19. The van der Waals surface area contributed by atoms with Crippen LogP contribution in [-0.2, 0) is 4.74 Å². The predicted molar refractivity (Wildman–Crippen MR) is 63.5 cm³/mol. The van der Waals surface area contributed by atoms with Gasteiger partial charge >= 0.3 is 0 Å². The Morgan fingerprint density at radius 2 is 2.19 bits per heavy atom. The number of rotatable bonds is 1. The maximum atomic E-state index is 8.91. The molecular formula is C12H11Cl2NO. The van der Waals surface area contributed by atoms with E-state index in [1.165, 1.54) is 0 Å². The maximum absolute atomic E-state index is 8.91. The first-order valence-electron chi connectivity index (χ1n) is 5.17. The molecule has 0 radical (unpaired) electrons. The fourth-order valence-corrected chi connectivity index (χ4v) is 2.42. The van der Waals surface area contributed by atoms with Crippen molar-refractivity contribution in [2.75, 3.05) is 6.61 Å². The molecule has 16 heavy (non-hydrogen) atoms. The molecule has 1 heterocycles. The number of ether oxygens (including phenoxy) is 1. The zero-order valence-corrected chi connectivity index (χ0v) is 10.1. The smallest absolute Gasteiger partial charge is 0.0851 e. The first kappa shape index (κ1) is 11.7. The average Bonchev–Trinajstić information content (AvgIpc) is 2.29. The van der Waals surface area contributed by atoms with Crippen LogP contribution in [0, 0.1) is 17.2 Å². The summed E-state index contributed by atoms with van der Waals surface area (Å²) in [5.41, 5.74) is 0.922. The molecule has 2 rings (SSSR count). The summed E-state index contributed by atoms with van der Waals surface area (Å²) in [4.78, 5) is 0. The Labute approximate surface area is 105 Å². The third kappa shape index (κ3) is 2.49. The number of nitriles is 1. The minimum absolute atomic E-state index is 0.0606. The van der Waals surface area contributed by atoms with E-state index < -0.39 is 0 Å². The molecule has 1 aliphatic heterocycles. The van der Waals surface area contributed by atoms with E-state index in [4.69, 9.17) is 33.2 Å². The number of benzene rings is 1. The van der Waals surface area contributed by atoms with Gasteiger partial charge in [0.05, 0.1) is 18.1 Å². The Morgan fingerprint density at radius 1 is 1.38 bits per heavy atom. The van der Waals surface area contributed by atoms with Crippen LogP contribution in [0.15, 0.2) is 18.2 Å². The molecule has 84 valence electrons. The molecule has 1 aromatic rings. The van der Waals surface area contributed by atoms with Gasteiger partial charge in [-0.2, -0.15) is 5.26 Å². The van der Waals surface area contributed by atoms with E-state index in [1.807, 2.05) is 6.07 Å². The van der Waals surface area contributed by atoms with Gasteiger partial charge in [-0.25, -0.2) is 0 Å². The molecule has 0 saturated carbocycles. The summed E-state index contributed by atoms with van der Waals surface area (Å²) in [7, 11) is 0. The SMILES string of the molecule is N#CC1CCOC(c2ccc(Cl)cc2Cl)C1. The summed E-state index contributed by atoms with van der Waals surface area (Å²) in [5, 5.41) is 10.1. The minimum atomic E-state index is -0.0804. The van der Waals surface area contributed by atoms with Crippen LogP contribution in [0.4, 0.5) is 0 Å². The molecule has 0 spiro atoms. The molecule has 1 fully saturated rings. The Balaban J connectivity index is 2.20. The van der Waals surface area contributed by atoms with E-state index in [2.05, 4.69) is 6.07 Å². The molecule has 0 amide bonds. The van der Waals surface area contributed by atoms with Crippen LogP contribution < -0.4 is 0 Å². The van der Waals surface area contributed by atoms with Crippen molar-refractivity contribution >= 4 is 23.2 Å². The molecule has 2 unspecified atom stereocenters. The second kappa shape index (κ2) is 5.05. The summed E-state index contributed by atoms with van der Waals surface area (Å²) in [5.74, 6) is 0.0606. The zero-order valence-electron chi connectivity index (χ0n) is 8.62. The standard InChI is InChI=1S/C12H11Cl2NO/c13-9-1-2-10(11(14)6-9)12-5-8(7-15)3-4-16-12/h1-2,6,8,12H,3-5H2. The summed E-state index contributed by atoms with van der Waals surface area (Å²) in [6.07, 6.45) is 1.43. The van der Waals surface area contributed by atoms with Gasteiger partial charge in [-0.3, -0.25) is 0 Å². The van der Waals surface area contributed by atoms with Crippen LogP contribution >= 0.6 is 23.2 Å². The normalized spacial score (nSPS) is 25.1. The summed E-state index contributed by atoms with van der Waals surface area (Å²) in [6, 6.07) is 7.66. The van der Waals surface area contributed by atoms with Crippen LogP contribution in [-0.4, -0.2) is 6.61 Å². The number of halogens is 2. The Hall–Kier alpha value is -0.750. The van der Waals surface area contributed by atoms with Crippen molar-refractivity contribution in [2.45, 2.75) is 18.9 Å². The number of hydrogen-bond acceptors (Lipinski definition) is 2. The lowest BCUT2D eigenvalue weighted by atomic mass is 9.93. The lowest BCUT2D eigenvalue weighted by molar-refractivity contribution is 0.000774. The van der Waals surface area contributed by atoms with Crippen LogP contribution in [0.25, 0.3) is 0 Å². The van der Waals surface area contributed by atoms with Crippen LogP contribution in [0.1, 0.15) is 24.5 Å². The van der Waals surface area contributed by atoms with Crippen LogP contribution in [0.3, 0.4) is 0 Å². The second-order valence-electron chi connectivity index (χ2n) is 3.88. The molecule has 0 aliphatic carbocycles. The number of hydrogen-bond donors (Lipinski definition) is 0. The van der Waals surface area contributed by atoms with Crippen molar-refractivity contribution in [3.8, 4) is 6.07 Å². The Kier molecular flexibility index (Phi) is 3.70. The molecule has 0 aromatic heterocycles. The van der Waals surface area contributed by atoms with E-state index >= 15 is 0 Å². The first-order chi connectivity index (χ1) is 7.70. The third-order valence-electron chi connectivity index (χ3n) is 2.78. The fraction of sp³-hybridized carbons (Fsp3) is 0.417. The highest BCUT2D eigenvalue weighted by Crippen LogP contribution is 2.35. The summed E-state index contributed by atoms with van der Waals surface area (Å²) >= 11 is 11.9. The van der Waals surface area contributed by atoms with Crippen molar-refractivity contribution in [3.63, 3.8) is 0 Å². The van der Waals surface area contributed by atoms with Gasteiger partial charge in [0.2, 0.25) is 0 Å². The maximum Gasteiger partial charge on any atom is 0.0851 e. The molecule has 1 aromatic carbocycles. The van der Waals surface area contributed by atoms with Crippen molar-refractivity contribution in [3.05, 3.63) is 33.8 Å². The molecule has 4 heteroatoms. The predicted octanol–water partition coefficient (Wildman–Crippen LogP) is 3.98. The molecule has 0 bridgehead atoms. The average molecular weight is 256 g/mol. The van der Waals surface area contributed by atoms with Crippen molar-refractivity contribution in [1.29, 1.82) is 5.26 Å². The highest BCUT2D eigenvalue weighted by Gasteiger charge is 2.25. The second-order valence-corrected chi connectivity index (χ2v) is 4.72. The molecule has 0 N–H and O–H groups in total. The van der Waals surface area contributed by atoms with E-state index in [0.717, 1.165) is 12.0 Å². The Bertz CT molecular complexity index is 428. The van der Waals surface area contributed by atoms with Gasteiger partial charge in [0, 0.05) is 16.7 Å². The fourth-order valence-electron chi connectivity index (χ4n) is 1.89. The number of nitrogens with zero attached hydrogens (tertiary/aromatic N) is 1. The highest BCUT2D eigenvalue weighted by molar-refractivity contribution is 6.35. The van der Waals surface area contributed by atoms with Gasteiger partial charge in [-0.1, -0.05) is 29.3 Å². The van der Waals surface area contributed by atoms with Crippen LogP contribution in [0.5, 0.6) is 0 Å². The van der Waals surface area contributed by atoms with Gasteiger partial charge in [0.25, 0.3) is 0 Å². The van der Waals surface area contributed by atoms with Crippen molar-refractivity contribution in [1.82, 2.24) is 0 Å². The monoisotopic (exact) mass is 255 g/mol. The van der Waals surface area contributed by atoms with Gasteiger partial charge in [0.15, 0.2) is 0 Å². The molecule has 2 nitrogen and oxygen atoms in total. The minimum Gasteiger partial charge on any atom is -0.373 e. The Morgan fingerprint density at radius 3 is 2.88 bits per heavy atom. The van der Waals surface area contributed by atoms with E-state index in [0.29, 0.717) is 23.1 Å². The first-order valence-corrected chi connectivity index (χ1v) is 5.92. The quantitative estimate of drug-likeness (QED) is 0.761. The third-order valence-corrected chi connectivity index (χ3v) is 3.34. The van der Waals surface area contributed by atoms with Gasteiger partial charge < -0.3 is 4.74 Å². The lowest BCUT2D eigenvalue weighted by Gasteiger charge is -2.26. The molecular weight excluding hydrogens is 245 g/mol. The molecule has 1 aliphatic rings. The molecule has 1 saturated heterocycles. The van der Waals surface area contributed by atoms with Gasteiger partial charge in [-0.15, -0.1) is 0 Å². The molecule has 2 atom stereocenters. The topological polar surface area (TPSA) is 33.0 Å². The van der Waals surface area contributed by atoms with Crippen molar-refractivity contribution < 1.29 is 4.74 Å². The van der Waals surface area contributed by atoms with E-state index in [9.17, 15) is 0 Å². The van der Waals surface area contributed by atoms with E-state index in [-0.39, 0.29) is 12.0 Å². The summed E-state index contributed by atoms with van der Waals surface area (Å²) in [6.45, 7) is 0.613. The van der Waals surface area contributed by atoms with E-state index in [1.54, 1.807) is 12.1 Å². The van der Waals surface area contributed by atoms with Crippen LogP contribution in [0.2, 0.25) is 10.0 Å². The van der Waals surface area contributed by atoms with Crippen molar-refractivity contribution in [2.24, 2.45) is 5.92 Å².